The fourth-order valence-corrected chi connectivity index (χ4v) is 5.53. The highest BCUT2D eigenvalue weighted by molar-refractivity contribution is 14.1. The number of halogens is 2. The molecule has 0 radical (unpaired) electrons. The third-order valence-electron chi connectivity index (χ3n) is 6.55. The molecule has 2 heterocycles. The second-order valence-corrected chi connectivity index (χ2v) is 12.0. The molecule has 7 rings (SSSR count). The quantitative estimate of drug-likeness (QED) is 0.125. The predicted molar refractivity (Wildman–Crippen MR) is 185 cm³/mol. The van der Waals surface area contributed by atoms with Gasteiger partial charge in [-0.15, -0.1) is 0 Å². The molecule has 5 aromatic carbocycles. The molecule has 0 saturated carbocycles. The van der Waals surface area contributed by atoms with E-state index in [1.54, 1.807) is 0 Å². The van der Waals surface area contributed by atoms with Gasteiger partial charge < -0.3 is 8.83 Å². The maximum Gasteiger partial charge on any atom is 0.227 e. The molecule has 0 spiro atoms. The lowest BCUT2D eigenvalue weighted by Crippen LogP contribution is -1.84. The fourth-order valence-electron chi connectivity index (χ4n) is 4.45. The van der Waals surface area contributed by atoms with E-state index in [1.807, 2.05) is 109 Å². The summed E-state index contributed by atoms with van der Waals surface area (Å²) >= 11 is 4.57. The van der Waals surface area contributed by atoms with Crippen molar-refractivity contribution in [3.8, 4) is 22.9 Å². The highest BCUT2D eigenvalue weighted by Gasteiger charge is 2.10. The Morgan fingerprint density at radius 1 is 0.524 bits per heavy atom. The number of oxazole rings is 2. The Morgan fingerprint density at radius 2 is 0.976 bits per heavy atom. The van der Waals surface area contributed by atoms with Crippen LogP contribution in [0.3, 0.4) is 0 Å². The van der Waals surface area contributed by atoms with E-state index in [9.17, 15) is 0 Å². The monoisotopic (exact) mass is 770 g/mol. The van der Waals surface area contributed by atoms with E-state index in [0.29, 0.717) is 11.8 Å². The molecule has 202 valence electrons. The smallest absolute Gasteiger partial charge is 0.227 e. The molecule has 0 aliphatic heterocycles. The Bertz CT molecular complexity index is 1980. The zero-order valence-electron chi connectivity index (χ0n) is 21.9. The van der Waals surface area contributed by atoms with E-state index in [4.69, 9.17) is 8.83 Å². The van der Waals surface area contributed by atoms with Crippen LogP contribution in [0.2, 0.25) is 0 Å². The fraction of sp³-hybridized carbons (Fsp3) is 0. The van der Waals surface area contributed by atoms with Gasteiger partial charge in [0.2, 0.25) is 11.8 Å². The molecule has 42 heavy (non-hydrogen) atoms. The van der Waals surface area contributed by atoms with Crippen LogP contribution in [0.4, 0.5) is 11.4 Å². The van der Waals surface area contributed by atoms with E-state index >= 15 is 0 Å². The zero-order valence-corrected chi connectivity index (χ0v) is 26.2. The number of hydrogen-bond acceptors (Lipinski definition) is 6. The Balaban J connectivity index is 1.04. The van der Waals surface area contributed by atoms with E-state index in [2.05, 4.69) is 77.3 Å². The van der Waals surface area contributed by atoms with Gasteiger partial charge in [-0.05, 0) is 129 Å². The SMILES string of the molecule is Ic1cccc(-c2nc3cc(N=Cc4ccc(C=Nc5ccc6oc(-c7cccc(I)c7)nc6c5)cc4)ccc3o2)c1. The van der Waals surface area contributed by atoms with Crippen molar-refractivity contribution in [2.45, 2.75) is 0 Å². The Kier molecular flexibility index (Phi) is 7.39. The van der Waals surface area contributed by atoms with E-state index < -0.39 is 0 Å². The number of hydrogen-bond donors (Lipinski definition) is 0. The Hall–Kier alpha value is -4.16. The number of benzene rings is 5. The van der Waals surface area contributed by atoms with Crippen LogP contribution in [0.15, 0.2) is 128 Å². The van der Waals surface area contributed by atoms with Crippen molar-refractivity contribution in [1.82, 2.24) is 9.97 Å². The first-order valence-electron chi connectivity index (χ1n) is 13.1. The van der Waals surface area contributed by atoms with Crippen molar-refractivity contribution in [1.29, 1.82) is 0 Å². The minimum absolute atomic E-state index is 0.606. The van der Waals surface area contributed by atoms with Crippen molar-refractivity contribution in [2.24, 2.45) is 9.98 Å². The van der Waals surface area contributed by atoms with Crippen LogP contribution in [0.5, 0.6) is 0 Å². The second kappa shape index (κ2) is 11.6. The van der Waals surface area contributed by atoms with Crippen molar-refractivity contribution in [3.63, 3.8) is 0 Å². The van der Waals surface area contributed by atoms with E-state index in [1.165, 1.54) is 0 Å². The van der Waals surface area contributed by atoms with Gasteiger partial charge in [0.15, 0.2) is 11.2 Å². The third-order valence-corrected chi connectivity index (χ3v) is 7.89. The van der Waals surface area contributed by atoms with Gasteiger partial charge in [0.1, 0.15) is 11.0 Å². The second-order valence-electron chi connectivity index (χ2n) is 9.55. The van der Waals surface area contributed by atoms with Crippen LogP contribution in [0.25, 0.3) is 45.1 Å². The summed E-state index contributed by atoms with van der Waals surface area (Å²) in [6, 6.07) is 35.8. The number of fused-ring (bicyclic) bond motifs is 2. The average molecular weight is 770 g/mol. The molecule has 0 aliphatic rings. The first-order valence-corrected chi connectivity index (χ1v) is 15.2. The highest BCUT2D eigenvalue weighted by atomic mass is 127. The lowest BCUT2D eigenvalue weighted by atomic mass is 10.1. The molecule has 0 amide bonds. The minimum atomic E-state index is 0.606. The average Bonchev–Trinajstić information content (AvgIpc) is 3.63. The summed E-state index contributed by atoms with van der Waals surface area (Å²) in [5, 5.41) is 0. The van der Waals surface area contributed by atoms with Gasteiger partial charge in [0.05, 0.1) is 11.4 Å². The molecule has 2 aromatic heterocycles. The lowest BCUT2D eigenvalue weighted by Gasteiger charge is -1.97. The summed E-state index contributed by atoms with van der Waals surface area (Å²) in [4.78, 5) is 18.6. The zero-order chi connectivity index (χ0) is 28.5. The highest BCUT2D eigenvalue weighted by Crippen LogP contribution is 2.29. The van der Waals surface area contributed by atoms with Crippen LogP contribution < -0.4 is 0 Å². The first kappa shape index (κ1) is 26.7. The summed E-state index contributed by atoms with van der Waals surface area (Å²) in [6.07, 6.45) is 3.68. The van der Waals surface area contributed by atoms with Gasteiger partial charge in [-0.25, -0.2) is 9.97 Å². The van der Waals surface area contributed by atoms with Crippen LogP contribution in [-0.4, -0.2) is 22.4 Å². The number of rotatable bonds is 6. The molecule has 7 aromatic rings. The molecule has 0 atom stereocenters. The summed E-state index contributed by atoms with van der Waals surface area (Å²) in [7, 11) is 0. The summed E-state index contributed by atoms with van der Waals surface area (Å²) in [5.74, 6) is 1.21. The third kappa shape index (κ3) is 5.90. The topological polar surface area (TPSA) is 76.8 Å². The number of aromatic nitrogens is 2. The van der Waals surface area contributed by atoms with E-state index in [0.717, 1.165) is 63.0 Å². The van der Waals surface area contributed by atoms with Gasteiger partial charge in [0.25, 0.3) is 0 Å². The molecule has 0 N–H and O–H groups in total. The molecular formula is C34H20I2N4O2. The first-order chi connectivity index (χ1) is 20.6. The number of aliphatic imine (C=N–C) groups is 2. The lowest BCUT2D eigenvalue weighted by molar-refractivity contribution is 0.619. The molecule has 8 heteroatoms. The number of nitrogens with zero attached hydrogens (tertiary/aromatic N) is 4. The van der Waals surface area contributed by atoms with Gasteiger partial charge in [-0.1, -0.05) is 36.4 Å². The molecule has 0 fully saturated rings. The Labute approximate surface area is 268 Å². The molecule has 0 saturated heterocycles. The van der Waals surface area contributed by atoms with Crippen molar-refractivity contribution in [2.75, 3.05) is 0 Å². The predicted octanol–water partition coefficient (Wildman–Crippen LogP) is 10.0. The normalized spacial score (nSPS) is 11.9. The Morgan fingerprint density at radius 3 is 1.40 bits per heavy atom. The minimum Gasteiger partial charge on any atom is -0.436 e. The molecular weight excluding hydrogens is 750 g/mol. The summed E-state index contributed by atoms with van der Waals surface area (Å²) in [6.45, 7) is 0. The van der Waals surface area contributed by atoms with Crippen molar-refractivity contribution < 1.29 is 8.83 Å². The van der Waals surface area contributed by atoms with Gasteiger partial charge in [0, 0.05) is 30.7 Å². The van der Waals surface area contributed by atoms with E-state index in [-0.39, 0.29) is 0 Å². The van der Waals surface area contributed by atoms with Crippen LogP contribution >= 0.6 is 45.2 Å². The summed E-state index contributed by atoms with van der Waals surface area (Å²) in [5.41, 5.74) is 8.53. The maximum absolute atomic E-state index is 5.95. The molecule has 0 unspecified atom stereocenters. The van der Waals surface area contributed by atoms with Gasteiger partial charge in [-0.3, -0.25) is 9.98 Å². The van der Waals surface area contributed by atoms with Crippen molar-refractivity contribution >= 4 is 91.2 Å². The molecule has 6 nitrogen and oxygen atoms in total. The summed E-state index contributed by atoms with van der Waals surface area (Å²) < 4.78 is 14.2. The molecule has 0 bridgehead atoms. The van der Waals surface area contributed by atoms with Gasteiger partial charge >= 0.3 is 0 Å². The molecule has 0 aliphatic carbocycles. The van der Waals surface area contributed by atoms with Crippen LogP contribution in [0, 0.1) is 7.14 Å². The van der Waals surface area contributed by atoms with Crippen LogP contribution in [-0.2, 0) is 0 Å². The standard InChI is InChI=1S/C34H20I2N4O2/c35-25-5-1-3-23(15-25)33-39-29-17-27(11-13-31(29)41-33)37-19-21-7-9-22(10-8-21)20-38-28-12-14-32-30(18-28)40-34(42-32)24-4-2-6-26(36)16-24/h1-20H. The van der Waals surface area contributed by atoms with Crippen molar-refractivity contribution in [3.05, 3.63) is 127 Å². The largest absolute Gasteiger partial charge is 0.436 e. The maximum atomic E-state index is 5.95. The van der Waals surface area contributed by atoms with Crippen LogP contribution in [0.1, 0.15) is 11.1 Å². The van der Waals surface area contributed by atoms with Gasteiger partial charge in [-0.2, -0.15) is 0 Å².